The van der Waals surface area contributed by atoms with Crippen molar-refractivity contribution in [1.29, 1.82) is 0 Å². The van der Waals surface area contributed by atoms with E-state index in [1.54, 1.807) is 12.1 Å². The second-order valence-corrected chi connectivity index (χ2v) is 7.48. The molecule has 0 aromatic heterocycles. The van der Waals surface area contributed by atoms with E-state index in [1.165, 1.54) is 24.3 Å². The topological polar surface area (TPSA) is 49.4 Å². The number of nitrogens with one attached hydrogen (secondary N) is 1. The van der Waals surface area contributed by atoms with Crippen molar-refractivity contribution in [1.82, 2.24) is 0 Å². The molecule has 3 aromatic rings. The Morgan fingerprint density at radius 3 is 2.03 bits per heavy atom. The van der Waals surface area contributed by atoms with Gasteiger partial charge in [-0.05, 0) is 62.2 Å². The third kappa shape index (κ3) is 3.50. The van der Waals surface area contributed by atoms with Gasteiger partial charge in [0.15, 0.2) is 0 Å². The number of benzene rings is 3. The van der Waals surface area contributed by atoms with Gasteiger partial charge >= 0.3 is 0 Å². The lowest BCUT2D eigenvalue weighted by Gasteiger charge is -2.16. The van der Waals surface area contributed by atoms with Crippen molar-refractivity contribution in [2.75, 3.05) is 10.2 Å². The molecular weight excluding hydrogens is 379 g/mol. The Bertz CT molecular complexity index is 1180. The van der Waals surface area contributed by atoms with Crippen LogP contribution in [0.5, 0.6) is 0 Å². The summed E-state index contributed by atoms with van der Waals surface area (Å²) < 4.78 is 13.5. The van der Waals surface area contributed by atoms with Gasteiger partial charge in [-0.3, -0.25) is 9.59 Å². The lowest BCUT2D eigenvalue weighted by molar-refractivity contribution is -0.120. The maximum Gasteiger partial charge on any atom is 0.282 e. The molecule has 5 heteroatoms. The van der Waals surface area contributed by atoms with E-state index in [0.29, 0.717) is 11.3 Å². The monoisotopic (exact) mass is 400 g/mol. The van der Waals surface area contributed by atoms with Gasteiger partial charge in [-0.2, -0.15) is 0 Å². The SMILES string of the molecule is Cc1ccc(N2C(=O)C(Nc3ccc(C)cc3C)=C(c3ccc(F)cc3)C2=O)cc1. The van der Waals surface area contributed by atoms with Crippen molar-refractivity contribution in [2.45, 2.75) is 20.8 Å². The third-order valence-electron chi connectivity index (χ3n) is 5.15. The molecule has 1 aliphatic rings. The van der Waals surface area contributed by atoms with Gasteiger partial charge in [-0.25, -0.2) is 9.29 Å². The van der Waals surface area contributed by atoms with Crippen molar-refractivity contribution in [3.05, 3.63) is 100 Å². The first kappa shape index (κ1) is 19.6. The van der Waals surface area contributed by atoms with E-state index in [2.05, 4.69) is 5.32 Å². The zero-order valence-electron chi connectivity index (χ0n) is 17.0. The van der Waals surface area contributed by atoms with Gasteiger partial charge in [-0.1, -0.05) is 47.5 Å². The lowest BCUT2D eigenvalue weighted by Crippen LogP contribution is -2.32. The molecule has 1 heterocycles. The highest BCUT2D eigenvalue weighted by Crippen LogP contribution is 2.34. The number of hydrogen-bond acceptors (Lipinski definition) is 3. The largest absolute Gasteiger partial charge is 0.350 e. The molecule has 3 aromatic carbocycles. The Kier molecular flexibility index (Phi) is 4.96. The van der Waals surface area contributed by atoms with Gasteiger partial charge in [0.25, 0.3) is 11.8 Å². The molecule has 0 saturated heterocycles. The van der Waals surface area contributed by atoms with Crippen LogP contribution in [0.3, 0.4) is 0 Å². The van der Waals surface area contributed by atoms with Crippen LogP contribution < -0.4 is 10.2 Å². The van der Waals surface area contributed by atoms with Crippen LogP contribution in [0.25, 0.3) is 5.57 Å². The second-order valence-electron chi connectivity index (χ2n) is 7.48. The van der Waals surface area contributed by atoms with Crippen LogP contribution >= 0.6 is 0 Å². The van der Waals surface area contributed by atoms with E-state index in [1.807, 2.05) is 51.1 Å². The molecule has 2 amide bonds. The number of halogens is 1. The Morgan fingerprint density at radius 2 is 1.40 bits per heavy atom. The molecule has 1 aliphatic heterocycles. The summed E-state index contributed by atoms with van der Waals surface area (Å²) in [6.07, 6.45) is 0. The van der Waals surface area contributed by atoms with Crippen molar-refractivity contribution in [3.8, 4) is 0 Å². The summed E-state index contributed by atoms with van der Waals surface area (Å²) in [5, 5.41) is 3.16. The molecule has 150 valence electrons. The smallest absolute Gasteiger partial charge is 0.282 e. The van der Waals surface area contributed by atoms with Crippen LogP contribution in [0.2, 0.25) is 0 Å². The van der Waals surface area contributed by atoms with E-state index in [9.17, 15) is 14.0 Å². The zero-order valence-corrected chi connectivity index (χ0v) is 17.0. The first-order valence-corrected chi connectivity index (χ1v) is 9.65. The molecule has 1 N–H and O–H groups in total. The predicted octanol–water partition coefficient (Wildman–Crippen LogP) is 5.15. The van der Waals surface area contributed by atoms with Gasteiger partial charge in [0, 0.05) is 5.69 Å². The Morgan fingerprint density at radius 1 is 0.767 bits per heavy atom. The van der Waals surface area contributed by atoms with E-state index in [0.717, 1.165) is 27.3 Å². The summed E-state index contributed by atoms with van der Waals surface area (Å²) in [5.41, 5.74) is 5.19. The number of hydrogen-bond donors (Lipinski definition) is 1. The fourth-order valence-electron chi connectivity index (χ4n) is 3.55. The van der Waals surface area contributed by atoms with Gasteiger partial charge < -0.3 is 5.32 Å². The Labute approximate surface area is 174 Å². The van der Waals surface area contributed by atoms with Crippen molar-refractivity contribution < 1.29 is 14.0 Å². The molecule has 0 fully saturated rings. The number of carbonyl (C=O) groups excluding carboxylic acids is 2. The standard InChI is InChI=1S/C25H21FN2O2/c1-15-4-11-20(12-5-15)28-24(29)22(18-7-9-19(26)10-8-18)23(25(28)30)27-21-13-6-16(2)14-17(21)3/h4-14,27H,1-3H3. The first-order valence-electron chi connectivity index (χ1n) is 9.65. The molecule has 0 radical (unpaired) electrons. The summed E-state index contributed by atoms with van der Waals surface area (Å²) in [6, 6.07) is 18.6. The summed E-state index contributed by atoms with van der Waals surface area (Å²) in [7, 11) is 0. The quantitative estimate of drug-likeness (QED) is 0.617. The van der Waals surface area contributed by atoms with Crippen molar-refractivity contribution in [2.24, 2.45) is 0 Å². The highest BCUT2D eigenvalue weighted by Gasteiger charge is 2.40. The van der Waals surface area contributed by atoms with Crippen LogP contribution in [0.4, 0.5) is 15.8 Å². The second kappa shape index (κ2) is 7.59. The minimum atomic E-state index is -0.442. The molecule has 30 heavy (non-hydrogen) atoms. The number of carbonyl (C=O) groups is 2. The summed E-state index contributed by atoms with van der Waals surface area (Å²) in [5.74, 6) is -1.29. The van der Waals surface area contributed by atoms with E-state index < -0.39 is 17.6 Å². The van der Waals surface area contributed by atoms with Gasteiger partial charge in [0.1, 0.15) is 11.5 Å². The molecule has 0 unspecified atom stereocenters. The van der Waals surface area contributed by atoms with Crippen LogP contribution in [-0.4, -0.2) is 11.8 Å². The fourth-order valence-corrected chi connectivity index (χ4v) is 3.55. The number of anilines is 2. The molecule has 4 nitrogen and oxygen atoms in total. The van der Waals surface area contributed by atoms with Crippen molar-refractivity contribution in [3.63, 3.8) is 0 Å². The average molecular weight is 400 g/mol. The first-order chi connectivity index (χ1) is 14.3. The summed E-state index contributed by atoms with van der Waals surface area (Å²) >= 11 is 0. The van der Waals surface area contributed by atoms with E-state index >= 15 is 0 Å². The third-order valence-corrected chi connectivity index (χ3v) is 5.15. The van der Waals surface area contributed by atoms with Gasteiger partial charge in [0.2, 0.25) is 0 Å². The highest BCUT2D eigenvalue weighted by atomic mass is 19.1. The van der Waals surface area contributed by atoms with Crippen molar-refractivity contribution >= 4 is 28.8 Å². The Balaban J connectivity index is 1.83. The number of rotatable bonds is 4. The number of nitrogens with zero attached hydrogens (tertiary/aromatic N) is 1. The van der Waals surface area contributed by atoms with Gasteiger partial charge in [0.05, 0.1) is 11.3 Å². The van der Waals surface area contributed by atoms with E-state index in [4.69, 9.17) is 0 Å². The minimum Gasteiger partial charge on any atom is -0.350 e. The normalized spacial score (nSPS) is 13.9. The zero-order chi connectivity index (χ0) is 21.4. The average Bonchev–Trinajstić information content (AvgIpc) is 2.95. The Hall–Kier alpha value is -3.73. The van der Waals surface area contributed by atoms with Crippen LogP contribution in [-0.2, 0) is 9.59 Å². The fraction of sp³-hybridized carbons (Fsp3) is 0.120. The molecule has 0 bridgehead atoms. The van der Waals surface area contributed by atoms with Crippen LogP contribution in [0, 0.1) is 26.6 Å². The molecule has 0 aliphatic carbocycles. The molecule has 0 atom stereocenters. The minimum absolute atomic E-state index is 0.180. The van der Waals surface area contributed by atoms with Crippen LogP contribution in [0.15, 0.2) is 72.4 Å². The summed E-state index contributed by atoms with van der Waals surface area (Å²) in [6.45, 7) is 5.86. The maximum atomic E-state index is 13.5. The number of imide groups is 1. The lowest BCUT2D eigenvalue weighted by atomic mass is 10.0. The molecule has 4 rings (SSSR count). The molecule has 0 saturated carbocycles. The molecule has 0 spiro atoms. The van der Waals surface area contributed by atoms with Gasteiger partial charge in [-0.15, -0.1) is 0 Å². The molecular formula is C25H21FN2O2. The highest BCUT2D eigenvalue weighted by molar-refractivity contribution is 6.46. The predicted molar refractivity (Wildman–Crippen MR) is 117 cm³/mol. The maximum absolute atomic E-state index is 13.5. The van der Waals surface area contributed by atoms with E-state index in [-0.39, 0.29) is 11.3 Å². The number of aryl methyl sites for hydroxylation is 3. The van der Waals surface area contributed by atoms with Crippen LogP contribution in [0.1, 0.15) is 22.3 Å². The summed E-state index contributed by atoms with van der Waals surface area (Å²) in [4.78, 5) is 27.8. The number of amides is 2.